The fourth-order valence-corrected chi connectivity index (χ4v) is 0. The SMILES string of the molecule is O=[N+]([O-])[O-].O=[N+]([O-])[O-].O=[N+]([O-])[O-].[Bi].[O-2]. The van der Waals surface area contributed by atoms with E-state index in [9.17, 15) is 0 Å². The first kappa shape index (κ1) is 29.4. The molecule has 0 aliphatic rings. The van der Waals surface area contributed by atoms with Gasteiger partial charge in [0.2, 0.25) is 0 Å². The van der Waals surface area contributed by atoms with Gasteiger partial charge in [0.1, 0.15) is 0 Å². The minimum Gasteiger partial charge on any atom is -2.00 e. The van der Waals surface area contributed by atoms with Gasteiger partial charge in [0, 0.05) is 26.2 Å². The summed E-state index contributed by atoms with van der Waals surface area (Å²) in [4.78, 5) is 24.8. The van der Waals surface area contributed by atoms with Crippen LogP contribution in [0.15, 0.2) is 0 Å². The van der Waals surface area contributed by atoms with Crippen molar-refractivity contribution in [2.45, 2.75) is 0 Å². The Hall–Kier alpha value is -1.56. The summed E-state index contributed by atoms with van der Waals surface area (Å²) in [6.45, 7) is 0. The number of hydrogen-bond donors (Lipinski definition) is 0. The van der Waals surface area contributed by atoms with Crippen LogP contribution >= 0.6 is 0 Å². The minimum absolute atomic E-state index is 0. The molecule has 0 rings (SSSR count). The number of hydrogen-bond acceptors (Lipinski definition) is 9. The largest absolute Gasteiger partial charge is 2.00 e. The molecule has 0 saturated carbocycles. The molecule has 14 heavy (non-hydrogen) atoms. The van der Waals surface area contributed by atoms with E-state index in [1.807, 2.05) is 0 Å². The Kier molecular flexibility index (Phi) is 47.3. The van der Waals surface area contributed by atoms with E-state index in [4.69, 9.17) is 46.0 Å². The van der Waals surface area contributed by atoms with Crippen LogP contribution in [-0.2, 0) is 5.48 Å². The van der Waals surface area contributed by atoms with E-state index >= 15 is 0 Å². The first-order valence-electron chi connectivity index (χ1n) is 1.64. The van der Waals surface area contributed by atoms with Gasteiger partial charge in [-0.05, 0) is 0 Å². The molecule has 0 heterocycles. The van der Waals surface area contributed by atoms with Crippen LogP contribution in [0.25, 0.3) is 0 Å². The van der Waals surface area contributed by atoms with Crippen molar-refractivity contribution in [2.24, 2.45) is 0 Å². The second-order valence-electron chi connectivity index (χ2n) is 0.671. The normalized spacial score (nSPS) is 5.14. The molecule has 0 spiro atoms. The minimum atomic E-state index is -1.75. The Bertz CT molecular complexity index is 113. The summed E-state index contributed by atoms with van der Waals surface area (Å²) in [6.07, 6.45) is 0. The van der Waals surface area contributed by atoms with E-state index in [1.54, 1.807) is 0 Å². The fourth-order valence-electron chi connectivity index (χ4n) is 0. The van der Waals surface area contributed by atoms with Crippen LogP contribution in [0.3, 0.4) is 0 Å². The Morgan fingerprint density at radius 2 is 0.571 bits per heavy atom. The first-order valence-corrected chi connectivity index (χ1v) is 1.64. The molecule has 0 N–H and O–H groups in total. The van der Waals surface area contributed by atoms with Gasteiger partial charge in [0.25, 0.3) is 0 Å². The third kappa shape index (κ3) is 384. The van der Waals surface area contributed by atoms with E-state index in [0.717, 1.165) is 0 Å². The maximum atomic E-state index is 8.25. The molecule has 0 atom stereocenters. The van der Waals surface area contributed by atoms with Crippen molar-refractivity contribution in [3.8, 4) is 0 Å². The molecule has 3 radical (unpaired) electrons. The summed E-state index contributed by atoms with van der Waals surface area (Å²) in [5, 5.41) is 44.2. The summed E-state index contributed by atoms with van der Waals surface area (Å²) in [5.41, 5.74) is 0. The summed E-state index contributed by atoms with van der Waals surface area (Å²) in [6, 6.07) is 0. The van der Waals surface area contributed by atoms with Crippen molar-refractivity contribution in [2.75, 3.05) is 0 Å². The van der Waals surface area contributed by atoms with Gasteiger partial charge in [-0.15, -0.1) is 0 Å². The molecular formula is BiN3O10-5. The molecule has 0 saturated heterocycles. The molecule has 85 valence electrons. The van der Waals surface area contributed by atoms with Crippen LogP contribution in [0, 0.1) is 46.0 Å². The Balaban J connectivity index is -0.0000000270. The van der Waals surface area contributed by atoms with Gasteiger partial charge in [0.05, 0.1) is 15.3 Å². The zero-order valence-electron chi connectivity index (χ0n) is 5.87. The van der Waals surface area contributed by atoms with Crippen molar-refractivity contribution in [1.29, 1.82) is 0 Å². The predicted octanol–water partition coefficient (Wildman–Crippen LogP) is -1.22. The zero-order chi connectivity index (χ0) is 10.7. The topological polar surface area (TPSA) is 227 Å². The Morgan fingerprint density at radius 3 is 0.571 bits per heavy atom. The molecule has 0 bridgehead atoms. The molecule has 0 aromatic heterocycles. The van der Waals surface area contributed by atoms with Crippen molar-refractivity contribution in [3.63, 3.8) is 0 Å². The van der Waals surface area contributed by atoms with Gasteiger partial charge in [-0.1, -0.05) is 0 Å². The van der Waals surface area contributed by atoms with Gasteiger partial charge in [-0.3, -0.25) is 0 Å². The molecule has 0 aromatic carbocycles. The Morgan fingerprint density at radius 1 is 0.571 bits per heavy atom. The van der Waals surface area contributed by atoms with Crippen LogP contribution in [0.1, 0.15) is 0 Å². The van der Waals surface area contributed by atoms with E-state index in [1.165, 1.54) is 0 Å². The van der Waals surface area contributed by atoms with Crippen LogP contribution in [0.5, 0.6) is 0 Å². The third-order valence-electron chi connectivity index (χ3n) is 0. The van der Waals surface area contributed by atoms with Gasteiger partial charge in [0.15, 0.2) is 0 Å². The molecule has 0 aromatic rings. The van der Waals surface area contributed by atoms with Gasteiger partial charge < -0.3 is 51.4 Å². The quantitative estimate of drug-likeness (QED) is 0.264. The average molecular weight is 411 g/mol. The second-order valence-corrected chi connectivity index (χ2v) is 0.671. The molecule has 14 heteroatoms. The van der Waals surface area contributed by atoms with E-state index in [0.29, 0.717) is 0 Å². The van der Waals surface area contributed by atoms with Crippen molar-refractivity contribution >= 4 is 26.2 Å². The summed E-state index contributed by atoms with van der Waals surface area (Å²) >= 11 is 0. The predicted molar refractivity (Wildman–Crippen MR) is 37.5 cm³/mol. The molecule has 0 amide bonds. The van der Waals surface area contributed by atoms with Crippen LogP contribution in [0.4, 0.5) is 0 Å². The summed E-state index contributed by atoms with van der Waals surface area (Å²) < 4.78 is 0. The second kappa shape index (κ2) is 22.5. The van der Waals surface area contributed by atoms with Gasteiger partial charge in [-0.25, -0.2) is 0 Å². The van der Waals surface area contributed by atoms with Crippen molar-refractivity contribution in [3.05, 3.63) is 46.0 Å². The van der Waals surface area contributed by atoms with Crippen LogP contribution in [-0.4, -0.2) is 41.5 Å². The smallest absolute Gasteiger partial charge is 0.0689 e. The molecule has 0 unspecified atom stereocenters. The van der Waals surface area contributed by atoms with E-state index in [2.05, 4.69) is 0 Å². The number of rotatable bonds is 0. The van der Waals surface area contributed by atoms with Crippen molar-refractivity contribution in [1.82, 2.24) is 0 Å². The monoisotopic (exact) mass is 411 g/mol. The first-order chi connectivity index (χ1) is 5.20. The van der Waals surface area contributed by atoms with E-state index in [-0.39, 0.29) is 31.7 Å². The molecular weight excluding hydrogens is 411 g/mol. The van der Waals surface area contributed by atoms with Crippen molar-refractivity contribution < 1.29 is 20.7 Å². The van der Waals surface area contributed by atoms with Crippen LogP contribution in [0.2, 0.25) is 0 Å². The fraction of sp³-hybridized carbons (Fsp3) is 0. The maximum Gasteiger partial charge on any atom is 0.0689 e. The summed E-state index contributed by atoms with van der Waals surface area (Å²) in [5.74, 6) is 0. The maximum absolute atomic E-state index is 8.25. The van der Waals surface area contributed by atoms with Gasteiger partial charge in [-0.2, -0.15) is 0 Å². The molecule has 0 aliphatic carbocycles. The molecule has 13 nitrogen and oxygen atoms in total. The zero-order valence-corrected chi connectivity index (χ0v) is 9.35. The third-order valence-corrected chi connectivity index (χ3v) is 0. The standard InChI is InChI=1S/Bi.3NO3.O/c;3*2-1(3)4;/q;3*-1;-2. The average Bonchev–Trinajstić information content (AvgIpc) is 1.54. The van der Waals surface area contributed by atoms with Crippen LogP contribution < -0.4 is 0 Å². The van der Waals surface area contributed by atoms with Gasteiger partial charge >= 0.3 is 0 Å². The molecule has 0 aliphatic heterocycles. The van der Waals surface area contributed by atoms with E-state index < -0.39 is 15.3 Å². The Labute approximate surface area is 93.3 Å². The number of nitrogens with zero attached hydrogens (tertiary/aromatic N) is 3. The summed E-state index contributed by atoms with van der Waals surface area (Å²) in [7, 11) is 0. The molecule has 0 fully saturated rings.